The summed E-state index contributed by atoms with van der Waals surface area (Å²) in [6.07, 6.45) is 6.65. The first-order valence-electron chi connectivity index (χ1n) is 8.22. The molecular weight excluding hydrogens is 341 g/mol. The van der Waals surface area contributed by atoms with Gasteiger partial charge in [-0.3, -0.25) is 0 Å². The molecule has 1 aromatic heterocycles. The van der Waals surface area contributed by atoms with Crippen LogP contribution in [0.15, 0.2) is 42.6 Å². The Kier molecular flexibility index (Phi) is 4.31. The summed E-state index contributed by atoms with van der Waals surface area (Å²) in [5.41, 5.74) is 4.86. The van der Waals surface area contributed by atoms with Gasteiger partial charge in [-0.1, -0.05) is 35.9 Å². The second kappa shape index (κ2) is 6.45. The van der Waals surface area contributed by atoms with E-state index in [0.717, 1.165) is 11.3 Å². The van der Waals surface area contributed by atoms with E-state index in [1.165, 1.54) is 47.0 Å². The molecule has 3 aromatic rings. The minimum Gasteiger partial charge on any atom is -0.361 e. The van der Waals surface area contributed by atoms with Crippen molar-refractivity contribution < 1.29 is 4.39 Å². The molecule has 1 N–H and O–H groups in total. The van der Waals surface area contributed by atoms with E-state index in [-0.39, 0.29) is 11.7 Å². The Morgan fingerprint density at radius 3 is 2.79 bits per heavy atom. The number of thioether (sulfide) groups is 1. The summed E-state index contributed by atoms with van der Waals surface area (Å²) >= 11 is 8.22. The lowest BCUT2D eigenvalue weighted by atomic mass is 9.86. The third kappa shape index (κ3) is 2.84. The first-order valence-corrected chi connectivity index (χ1v) is 9.99. The molecule has 0 saturated heterocycles. The van der Waals surface area contributed by atoms with Crippen LogP contribution >= 0.6 is 23.4 Å². The van der Waals surface area contributed by atoms with E-state index in [9.17, 15) is 4.39 Å². The van der Waals surface area contributed by atoms with E-state index in [2.05, 4.69) is 35.6 Å². The molecule has 0 spiro atoms. The van der Waals surface area contributed by atoms with E-state index in [1.54, 1.807) is 0 Å². The molecule has 0 amide bonds. The monoisotopic (exact) mass is 359 g/mol. The van der Waals surface area contributed by atoms with E-state index >= 15 is 0 Å². The average molecular weight is 360 g/mol. The molecule has 1 aliphatic rings. The third-order valence-corrected chi connectivity index (χ3v) is 5.79. The highest BCUT2D eigenvalue weighted by Crippen LogP contribution is 2.49. The molecule has 0 bridgehead atoms. The summed E-state index contributed by atoms with van der Waals surface area (Å²) in [6, 6.07) is 11.3. The van der Waals surface area contributed by atoms with Crippen LogP contribution in [0.4, 0.5) is 4.39 Å². The molecule has 4 heteroatoms. The van der Waals surface area contributed by atoms with Crippen molar-refractivity contribution in [2.75, 3.05) is 6.26 Å². The van der Waals surface area contributed by atoms with Crippen LogP contribution in [0.2, 0.25) is 5.02 Å². The van der Waals surface area contributed by atoms with Gasteiger partial charge in [0.25, 0.3) is 0 Å². The molecule has 1 atom stereocenters. The molecule has 1 heterocycles. The Morgan fingerprint density at radius 2 is 2.08 bits per heavy atom. The van der Waals surface area contributed by atoms with Gasteiger partial charge >= 0.3 is 0 Å². The SMILES string of the molecule is CSCc1cccc2c(C(c3ccc(F)cc3Cl)C3CC3)c[nH]c12. The summed E-state index contributed by atoms with van der Waals surface area (Å²) in [7, 11) is 0. The average Bonchev–Trinajstić information content (AvgIpc) is 3.30. The largest absolute Gasteiger partial charge is 0.361 e. The van der Waals surface area contributed by atoms with Gasteiger partial charge < -0.3 is 4.98 Å². The standard InChI is InChI=1S/C20H19ClFNS/c1-24-11-13-3-2-4-15-17(10-23-20(13)15)19(12-5-6-12)16-8-7-14(22)9-18(16)21/h2-4,7-10,12,19,23H,5-6,11H2,1H3. The van der Waals surface area contributed by atoms with Gasteiger partial charge in [0.1, 0.15) is 5.82 Å². The van der Waals surface area contributed by atoms with Crippen molar-refractivity contribution in [2.24, 2.45) is 5.92 Å². The second-order valence-electron chi connectivity index (χ2n) is 6.50. The highest BCUT2D eigenvalue weighted by atomic mass is 35.5. The summed E-state index contributed by atoms with van der Waals surface area (Å²) in [6.45, 7) is 0. The normalized spacial score (nSPS) is 15.8. The van der Waals surface area contributed by atoms with E-state index in [4.69, 9.17) is 11.6 Å². The molecule has 1 aliphatic carbocycles. The van der Waals surface area contributed by atoms with Gasteiger partial charge in [-0.2, -0.15) is 11.8 Å². The van der Waals surface area contributed by atoms with Crippen LogP contribution in [0.3, 0.4) is 0 Å². The topological polar surface area (TPSA) is 15.8 Å². The zero-order valence-corrected chi connectivity index (χ0v) is 15.1. The van der Waals surface area contributed by atoms with E-state index < -0.39 is 0 Å². The molecule has 124 valence electrons. The first kappa shape index (κ1) is 16.0. The van der Waals surface area contributed by atoms with Gasteiger partial charge in [0.15, 0.2) is 0 Å². The minimum absolute atomic E-state index is 0.233. The lowest BCUT2D eigenvalue weighted by molar-refractivity contribution is 0.624. The van der Waals surface area contributed by atoms with Gasteiger partial charge in [-0.15, -0.1) is 0 Å². The predicted octanol–water partition coefficient (Wildman–Crippen LogP) is 6.37. The molecule has 1 nitrogen and oxygen atoms in total. The highest BCUT2D eigenvalue weighted by molar-refractivity contribution is 7.97. The molecule has 1 saturated carbocycles. The zero-order chi connectivity index (χ0) is 16.7. The minimum atomic E-state index is -0.278. The van der Waals surface area contributed by atoms with Gasteiger partial charge in [0, 0.05) is 33.8 Å². The van der Waals surface area contributed by atoms with Crippen molar-refractivity contribution in [1.82, 2.24) is 4.98 Å². The van der Waals surface area contributed by atoms with Gasteiger partial charge in [0.05, 0.1) is 0 Å². The van der Waals surface area contributed by atoms with Crippen LogP contribution in [0, 0.1) is 11.7 Å². The molecule has 4 rings (SSSR count). The maximum absolute atomic E-state index is 13.5. The lowest BCUT2D eigenvalue weighted by Crippen LogP contribution is -2.04. The smallest absolute Gasteiger partial charge is 0.124 e. The van der Waals surface area contributed by atoms with Crippen molar-refractivity contribution in [3.63, 3.8) is 0 Å². The van der Waals surface area contributed by atoms with Gasteiger partial charge in [-0.25, -0.2) is 4.39 Å². The maximum Gasteiger partial charge on any atom is 0.124 e. The number of rotatable bonds is 5. The van der Waals surface area contributed by atoms with Crippen molar-refractivity contribution in [2.45, 2.75) is 24.5 Å². The molecule has 2 aromatic carbocycles. The number of benzene rings is 2. The molecule has 1 unspecified atom stereocenters. The number of nitrogens with one attached hydrogen (secondary N) is 1. The quantitative estimate of drug-likeness (QED) is 0.560. The fraction of sp³-hybridized carbons (Fsp3) is 0.300. The Bertz CT molecular complexity index is 884. The Hall–Kier alpha value is -1.45. The van der Waals surface area contributed by atoms with Crippen LogP contribution < -0.4 is 0 Å². The molecule has 0 radical (unpaired) electrons. The zero-order valence-electron chi connectivity index (χ0n) is 13.5. The maximum atomic E-state index is 13.5. The fourth-order valence-corrected chi connectivity index (χ4v) is 4.47. The highest BCUT2D eigenvalue weighted by Gasteiger charge is 2.36. The number of halogens is 2. The number of hydrogen-bond acceptors (Lipinski definition) is 1. The lowest BCUT2D eigenvalue weighted by Gasteiger charge is -2.18. The van der Waals surface area contributed by atoms with E-state index in [0.29, 0.717) is 10.9 Å². The summed E-state index contributed by atoms with van der Waals surface area (Å²) in [4.78, 5) is 3.47. The van der Waals surface area contributed by atoms with Crippen LogP contribution in [-0.4, -0.2) is 11.2 Å². The number of fused-ring (bicyclic) bond motifs is 1. The van der Waals surface area contributed by atoms with Crippen LogP contribution in [-0.2, 0) is 5.75 Å². The van der Waals surface area contributed by atoms with Crippen LogP contribution in [0.1, 0.15) is 35.4 Å². The Labute approximate surface area is 150 Å². The van der Waals surface area contributed by atoms with Crippen molar-refractivity contribution in [3.8, 4) is 0 Å². The second-order valence-corrected chi connectivity index (χ2v) is 7.77. The number of hydrogen-bond donors (Lipinski definition) is 1. The van der Waals surface area contributed by atoms with E-state index in [1.807, 2.05) is 17.8 Å². The first-order chi connectivity index (χ1) is 11.7. The molecular formula is C20H19ClFNS. The predicted molar refractivity (Wildman–Crippen MR) is 101 cm³/mol. The number of aromatic nitrogens is 1. The van der Waals surface area contributed by atoms with Crippen molar-refractivity contribution in [1.29, 1.82) is 0 Å². The van der Waals surface area contributed by atoms with Crippen molar-refractivity contribution in [3.05, 3.63) is 70.1 Å². The Balaban J connectivity index is 1.85. The number of H-pyrrole nitrogens is 1. The fourth-order valence-electron chi connectivity index (χ4n) is 3.63. The van der Waals surface area contributed by atoms with Crippen molar-refractivity contribution >= 4 is 34.3 Å². The Morgan fingerprint density at radius 1 is 1.25 bits per heavy atom. The van der Waals surface area contributed by atoms with Gasteiger partial charge in [-0.05, 0) is 53.8 Å². The van der Waals surface area contributed by atoms with Crippen LogP contribution in [0.25, 0.3) is 10.9 Å². The molecule has 24 heavy (non-hydrogen) atoms. The summed E-state index contributed by atoms with van der Waals surface area (Å²) in [5.74, 6) is 1.54. The van der Waals surface area contributed by atoms with Crippen LogP contribution in [0.5, 0.6) is 0 Å². The summed E-state index contributed by atoms with van der Waals surface area (Å²) < 4.78 is 13.5. The third-order valence-electron chi connectivity index (χ3n) is 4.86. The summed E-state index contributed by atoms with van der Waals surface area (Å²) in [5, 5.41) is 1.79. The molecule has 1 fully saturated rings. The van der Waals surface area contributed by atoms with Gasteiger partial charge in [0.2, 0.25) is 0 Å². The number of para-hydroxylation sites is 1. The number of aromatic amines is 1. The molecule has 0 aliphatic heterocycles.